The smallest absolute Gasteiger partial charge is 0.344 e. The number of hydrogen-bond acceptors (Lipinski definition) is 6. The molecule has 1 unspecified atom stereocenters. The fourth-order valence-electron chi connectivity index (χ4n) is 1.51. The first-order valence-electron chi connectivity index (χ1n) is 6.22. The molecule has 0 aliphatic carbocycles. The summed E-state index contributed by atoms with van der Waals surface area (Å²) in [6, 6.07) is 4.12. The topological polar surface area (TPSA) is 84.9 Å². The van der Waals surface area contributed by atoms with Gasteiger partial charge in [0.05, 0.1) is 6.10 Å². The minimum absolute atomic E-state index is 0.121. The normalized spacial score (nSPS) is 12.3. The SMILES string of the molecule is CNCC(O)c1ccc(OC(=O)C(Cl)Cl)c(OC(=O)C(Cl)Cl)c1. The minimum atomic E-state index is -1.43. The number of esters is 2. The second-order valence-corrected chi connectivity index (χ2v) is 6.42. The van der Waals surface area contributed by atoms with E-state index in [9.17, 15) is 14.7 Å². The zero-order valence-corrected chi connectivity index (χ0v) is 14.8. The molecule has 0 bridgehead atoms. The third kappa shape index (κ3) is 6.33. The van der Waals surface area contributed by atoms with Gasteiger partial charge in [-0.15, -0.1) is 0 Å². The molecule has 2 N–H and O–H groups in total. The molecule has 0 amide bonds. The van der Waals surface area contributed by atoms with Crippen LogP contribution >= 0.6 is 46.4 Å². The van der Waals surface area contributed by atoms with Crippen molar-refractivity contribution in [2.24, 2.45) is 0 Å². The number of benzene rings is 1. The Hall–Kier alpha value is -0.760. The maximum absolute atomic E-state index is 11.5. The quantitative estimate of drug-likeness (QED) is 0.412. The van der Waals surface area contributed by atoms with E-state index in [1.54, 1.807) is 7.05 Å². The zero-order chi connectivity index (χ0) is 17.6. The first kappa shape index (κ1) is 20.3. The second kappa shape index (κ2) is 9.52. The summed E-state index contributed by atoms with van der Waals surface area (Å²) in [6.45, 7) is 0.256. The molecule has 1 aromatic rings. The molecule has 0 aliphatic heterocycles. The van der Waals surface area contributed by atoms with Crippen LogP contribution in [-0.4, -0.2) is 40.3 Å². The number of halogens is 4. The van der Waals surface area contributed by atoms with E-state index in [0.717, 1.165) is 0 Å². The van der Waals surface area contributed by atoms with Gasteiger partial charge in [0.25, 0.3) is 0 Å². The van der Waals surface area contributed by atoms with E-state index in [2.05, 4.69) is 5.32 Å². The Morgan fingerprint density at radius 2 is 1.61 bits per heavy atom. The number of aliphatic hydroxyl groups excluding tert-OH is 1. The lowest BCUT2D eigenvalue weighted by atomic mass is 10.1. The van der Waals surface area contributed by atoms with Gasteiger partial charge >= 0.3 is 11.9 Å². The van der Waals surface area contributed by atoms with Crippen LogP contribution in [0.15, 0.2) is 18.2 Å². The zero-order valence-electron chi connectivity index (χ0n) is 11.8. The Kier molecular flexibility index (Phi) is 8.39. The number of hydrogen-bond donors (Lipinski definition) is 2. The number of likely N-dealkylation sites (N-methyl/N-ethyl adjacent to an activating group) is 1. The number of carbonyl (C=O) groups is 2. The molecule has 0 heterocycles. The third-order valence-corrected chi connectivity index (χ3v) is 3.24. The van der Waals surface area contributed by atoms with Gasteiger partial charge in [-0.1, -0.05) is 52.5 Å². The lowest BCUT2D eigenvalue weighted by Crippen LogP contribution is -2.20. The lowest BCUT2D eigenvalue weighted by Gasteiger charge is -2.15. The molecule has 1 atom stereocenters. The molecule has 10 heteroatoms. The van der Waals surface area contributed by atoms with Crippen LogP contribution in [0, 0.1) is 0 Å². The van der Waals surface area contributed by atoms with Crippen molar-refractivity contribution in [1.29, 1.82) is 0 Å². The van der Waals surface area contributed by atoms with Crippen molar-refractivity contribution < 1.29 is 24.2 Å². The summed E-state index contributed by atoms with van der Waals surface area (Å²) >= 11 is 21.6. The molecule has 0 aromatic heterocycles. The summed E-state index contributed by atoms with van der Waals surface area (Å²) in [5.41, 5.74) is 0.413. The molecule has 0 radical (unpaired) electrons. The molecule has 0 aliphatic rings. The number of aliphatic hydroxyl groups is 1. The summed E-state index contributed by atoms with van der Waals surface area (Å²) in [5, 5.41) is 12.7. The van der Waals surface area contributed by atoms with Crippen LogP contribution in [0.4, 0.5) is 0 Å². The first-order chi connectivity index (χ1) is 10.8. The standard InChI is InChI=1S/C13H13Cl4NO5/c1-18-5-7(19)6-2-3-8(22-12(20)10(14)15)9(4-6)23-13(21)11(16)17/h2-4,7,10-11,18-19H,5H2,1H3. The maximum Gasteiger partial charge on any atom is 0.344 e. The van der Waals surface area contributed by atoms with Crippen molar-refractivity contribution in [2.45, 2.75) is 15.8 Å². The van der Waals surface area contributed by atoms with Crippen LogP contribution in [0.1, 0.15) is 11.7 Å². The highest BCUT2D eigenvalue weighted by Crippen LogP contribution is 2.32. The fraction of sp³-hybridized carbons (Fsp3) is 0.385. The Bertz CT molecular complexity index is 567. The van der Waals surface area contributed by atoms with E-state index in [4.69, 9.17) is 55.9 Å². The highest BCUT2D eigenvalue weighted by atomic mass is 35.5. The van der Waals surface area contributed by atoms with Crippen LogP contribution in [0.2, 0.25) is 0 Å². The average molecular weight is 405 g/mol. The molecule has 128 valence electrons. The number of carbonyl (C=O) groups excluding carboxylic acids is 2. The molecule has 23 heavy (non-hydrogen) atoms. The number of alkyl halides is 4. The molecule has 0 fully saturated rings. The molecular formula is C13H13Cl4NO5. The van der Waals surface area contributed by atoms with Crippen LogP contribution in [0.5, 0.6) is 11.5 Å². The van der Waals surface area contributed by atoms with Gasteiger partial charge in [-0.25, -0.2) is 9.59 Å². The number of nitrogens with one attached hydrogen (secondary N) is 1. The Morgan fingerprint density at radius 3 is 2.09 bits per heavy atom. The van der Waals surface area contributed by atoms with Crippen molar-refractivity contribution in [2.75, 3.05) is 13.6 Å². The summed E-state index contributed by atoms with van der Waals surface area (Å²) < 4.78 is 9.88. The van der Waals surface area contributed by atoms with E-state index in [0.29, 0.717) is 5.56 Å². The van der Waals surface area contributed by atoms with Crippen molar-refractivity contribution >= 4 is 58.3 Å². The van der Waals surface area contributed by atoms with E-state index in [1.165, 1.54) is 18.2 Å². The van der Waals surface area contributed by atoms with E-state index < -0.39 is 27.7 Å². The molecule has 0 spiro atoms. The predicted molar refractivity (Wildman–Crippen MR) is 87.6 cm³/mol. The summed E-state index contributed by atoms with van der Waals surface area (Å²) in [5.74, 6) is -2.21. The third-order valence-electron chi connectivity index (χ3n) is 2.53. The molecule has 6 nitrogen and oxygen atoms in total. The van der Waals surface area contributed by atoms with E-state index >= 15 is 0 Å². The van der Waals surface area contributed by atoms with Gasteiger partial charge in [-0.05, 0) is 24.7 Å². The van der Waals surface area contributed by atoms with Crippen molar-refractivity contribution in [3.8, 4) is 11.5 Å². The summed E-state index contributed by atoms with van der Waals surface area (Å²) in [6.07, 6.45) is -0.876. The Balaban J connectivity index is 3.12. The molecular weight excluding hydrogens is 392 g/mol. The largest absolute Gasteiger partial charge is 0.421 e. The van der Waals surface area contributed by atoms with Crippen LogP contribution < -0.4 is 14.8 Å². The van der Waals surface area contributed by atoms with Crippen LogP contribution in [-0.2, 0) is 9.59 Å². The summed E-state index contributed by atoms with van der Waals surface area (Å²) in [7, 11) is 1.66. The number of ether oxygens (including phenoxy) is 2. The highest BCUT2D eigenvalue weighted by molar-refractivity contribution is 6.53. The maximum atomic E-state index is 11.5. The average Bonchev–Trinajstić information content (AvgIpc) is 2.48. The van der Waals surface area contributed by atoms with Gasteiger partial charge < -0.3 is 19.9 Å². The predicted octanol–water partition coefficient (Wildman–Crippen LogP) is 2.36. The van der Waals surface area contributed by atoms with Crippen molar-refractivity contribution in [3.05, 3.63) is 23.8 Å². The lowest BCUT2D eigenvalue weighted by molar-refractivity contribution is -0.135. The van der Waals surface area contributed by atoms with E-state index in [-0.39, 0.29) is 18.0 Å². The molecule has 0 saturated heterocycles. The van der Waals surface area contributed by atoms with Crippen molar-refractivity contribution in [1.82, 2.24) is 5.32 Å². The van der Waals surface area contributed by atoms with Crippen LogP contribution in [0.25, 0.3) is 0 Å². The second-order valence-electron chi connectivity index (χ2n) is 4.22. The van der Waals surface area contributed by atoms with Gasteiger partial charge in [0.1, 0.15) is 0 Å². The Labute approximate surface area is 152 Å². The van der Waals surface area contributed by atoms with Gasteiger partial charge in [0.15, 0.2) is 11.5 Å². The van der Waals surface area contributed by atoms with Gasteiger partial charge in [-0.3, -0.25) is 0 Å². The Morgan fingerprint density at radius 1 is 1.09 bits per heavy atom. The molecule has 1 aromatic carbocycles. The first-order valence-corrected chi connectivity index (χ1v) is 7.97. The number of rotatable bonds is 7. The van der Waals surface area contributed by atoms with Gasteiger partial charge in [0.2, 0.25) is 9.67 Å². The highest BCUT2D eigenvalue weighted by Gasteiger charge is 2.22. The van der Waals surface area contributed by atoms with Gasteiger partial charge in [-0.2, -0.15) is 0 Å². The fourth-order valence-corrected chi connectivity index (χ4v) is 1.69. The van der Waals surface area contributed by atoms with Crippen molar-refractivity contribution in [3.63, 3.8) is 0 Å². The van der Waals surface area contributed by atoms with Gasteiger partial charge in [0, 0.05) is 6.54 Å². The van der Waals surface area contributed by atoms with E-state index in [1.807, 2.05) is 0 Å². The summed E-state index contributed by atoms with van der Waals surface area (Å²) in [4.78, 5) is 20.2. The monoisotopic (exact) mass is 403 g/mol. The molecule has 0 saturated carbocycles. The minimum Gasteiger partial charge on any atom is -0.421 e. The van der Waals surface area contributed by atoms with Crippen LogP contribution in [0.3, 0.4) is 0 Å². The molecule has 1 rings (SSSR count).